The molecule has 4 unspecified atom stereocenters. The van der Waals surface area contributed by atoms with E-state index in [1.54, 1.807) is 12.1 Å². The van der Waals surface area contributed by atoms with Gasteiger partial charge in [-0.25, -0.2) is 0 Å². The van der Waals surface area contributed by atoms with Gasteiger partial charge in [0.15, 0.2) is 0 Å². The first-order chi connectivity index (χ1) is 11.2. The number of piperidine rings is 3. The lowest BCUT2D eigenvalue weighted by Crippen LogP contribution is -2.56. The molecule has 0 saturated carbocycles. The average Bonchev–Trinajstić information content (AvgIpc) is 2.60. The molecule has 23 heavy (non-hydrogen) atoms. The second-order valence-corrected chi connectivity index (χ2v) is 7.14. The molecule has 122 valence electrons. The molecule has 3 N–H and O–H groups in total. The second-order valence-electron chi connectivity index (χ2n) is 7.14. The third-order valence-electron chi connectivity index (χ3n) is 5.99. The number of pyridine rings is 1. The summed E-state index contributed by atoms with van der Waals surface area (Å²) in [5.74, 6) is 1.93. The van der Waals surface area contributed by atoms with Crippen LogP contribution in [0, 0.1) is 11.8 Å². The van der Waals surface area contributed by atoms with Gasteiger partial charge in [0, 0.05) is 30.2 Å². The Morgan fingerprint density at radius 2 is 2.26 bits per heavy atom. The highest BCUT2D eigenvalue weighted by Crippen LogP contribution is 2.42. The Bertz CT molecular complexity index is 717. The number of phenols is 1. The Balaban J connectivity index is 1.68. The summed E-state index contributed by atoms with van der Waals surface area (Å²) in [4.78, 5) is 6.99. The number of nitrogens with zero attached hydrogens (tertiary/aromatic N) is 2. The van der Waals surface area contributed by atoms with Crippen molar-refractivity contribution in [2.24, 2.45) is 17.6 Å². The number of aromatic nitrogens is 1. The number of rotatable bonds is 3. The van der Waals surface area contributed by atoms with E-state index in [9.17, 15) is 5.11 Å². The van der Waals surface area contributed by atoms with Crippen LogP contribution in [0.2, 0.25) is 0 Å². The van der Waals surface area contributed by atoms with E-state index in [1.165, 1.54) is 32.4 Å². The Labute approximate surface area is 137 Å². The van der Waals surface area contributed by atoms with Crippen LogP contribution in [-0.4, -0.2) is 34.1 Å². The van der Waals surface area contributed by atoms with E-state index in [1.807, 2.05) is 18.3 Å². The number of nitrogens with two attached hydrogens (primary N) is 1. The zero-order chi connectivity index (χ0) is 16.0. The lowest BCUT2D eigenvalue weighted by atomic mass is 9.72. The Hall–Kier alpha value is -1.65. The fraction of sp³-hybridized carbons (Fsp3) is 0.526. The van der Waals surface area contributed by atoms with Gasteiger partial charge in [0.05, 0.1) is 5.52 Å². The lowest BCUT2D eigenvalue weighted by Gasteiger charge is -2.51. The van der Waals surface area contributed by atoms with Crippen molar-refractivity contribution in [3.05, 3.63) is 36.0 Å². The SMILES string of the molecule is CCC1CN2CCC1C[C@@H]2C(N)c1ccnc2ccc(O)cc12. The van der Waals surface area contributed by atoms with E-state index >= 15 is 0 Å². The Morgan fingerprint density at radius 1 is 1.39 bits per heavy atom. The van der Waals surface area contributed by atoms with Gasteiger partial charge >= 0.3 is 0 Å². The quantitative estimate of drug-likeness (QED) is 0.914. The molecule has 3 aliphatic rings. The van der Waals surface area contributed by atoms with Crippen molar-refractivity contribution < 1.29 is 5.11 Å². The van der Waals surface area contributed by atoms with Crippen LogP contribution in [0.3, 0.4) is 0 Å². The van der Waals surface area contributed by atoms with Crippen molar-refractivity contribution in [1.82, 2.24) is 9.88 Å². The summed E-state index contributed by atoms with van der Waals surface area (Å²) in [7, 11) is 0. The molecule has 3 saturated heterocycles. The van der Waals surface area contributed by atoms with Gasteiger partial charge in [0.25, 0.3) is 0 Å². The lowest BCUT2D eigenvalue weighted by molar-refractivity contribution is -0.0105. The van der Waals surface area contributed by atoms with Gasteiger partial charge in [0.2, 0.25) is 0 Å². The third-order valence-corrected chi connectivity index (χ3v) is 5.99. The molecule has 4 heteroatoms. The number of hydrogen-bond acceptors (Lipinski definition) is 4. The Kier molecular flexibility index (Phi) is 3.74. The highest BCUT2D eigenvalue weighted by molar-refractivity contribution is 5.83. The number of fused-ring (bicyclic) bond motifs is 4. The van der Waals surface area contributed by atoms with Gasteiger partial charge in [-0.2, -0.15) is 0 Å². The molecular formula is C19H25N3O. The van der Waals surface area contributed by atoms with E-state index in [2.05, 4.69) is 16.8 Å². The van der Waals surface area contributed by atoms with E-state index in [0.717, 1.165) is 28.3 Å². The second kappa shape index (κ2) is 5.77. The van der Waals surface area contributed by atoms with Crippen molar-refractivity contribution in [3.63, 3.8) is 0 Å². The predicted octanol–water partition coefficient (Wildman–Crippen LogP) is 3.06. The molecule has 1 aromatic heterocycles. The first kappa shape index (κ1) is 14.9. The maximum absolute atomic E-state index is 9.84. The van der Waals surface area contributed by atoms with Crippen molar-refractivity contribution in [2.45, 2.75) is 38.3 Å². The van der Waals surface area contributed by atoms with Gasteiger partial charge in [-0.1, -0.05) is 13.3 Å². The van der Waals surface area contributed by atoms with Crippen molar-refractivity contribution in [1.29, 1.82) is 0 Å². The van der Waals surface area contributed by atoms with Gasteiger partial charge in [-0.3, -0.25) is 9.88 Å². The zero-order valence-electron chi connectivity index (χ0n) is 13.7. The van der Waals surface area contributed by atoms with Crippen molar-refractivity contribution in [3.8, 4) is 5.75 Å². The van der Waals surface area contributed by atoms with Crippen LogP contribution in [0.5, 0.6) is 5.75 Å². The smallest absolute Gasteiger partial charge is 0.116 e. The fourth-order valence-electron chi connectivity index (χ4n) is 4.67. The first-order valence-electron chi connectivity index (χ1n) is 8.74. The highest BCUT2D eigenvalue weighted by atomic mass is 16.3. The van der Waals surface area contributed by atoms with Crippen LogP contribution in [0.4, 0.5) is 0 Å². The molecule has 2 aromatic rings. The number of aromatic hydroxyl groups is 1. The summed E-state index contributed by atoms with van der Waals surface area (Å²) >= 11 is 0. The molecule has 4 nitrogen and oxygen atoms in total. The van der Waals surface area contributed by atoms with Crippen molar-refractivity contribution >= 4 is 10.9 Å². The summed E-state index contributed by atoms with van der Waals surface area (Å²) in [6, 6.07) is 7.74. The molecule has 0 spiro atoms. The van der Waals surface area contributed by atoms with Crippen molar-refractivity contribution in [2.75, 3.05) is 13.1 Å². The van der Waals surface area contributed by atoms with Gasteiger partial charge < -0.3 is 10.8 Å². The zero-order valence-corrected chi connectivity index (χ0v) is 13.7. The van der Waals surface area contributed by atoms with Crippen LogP contribution in [-0.2, 0) is 0 Å². The summed E-state index contributed by atoms with van der Waals surface area (Å²) in [6.07, 6.45) is 5.62. The van der Waals surface area contributed by atoms with Gasteiger partial charge in [-0.15, -0.1) is 0 Å². The van der Waals surface area contributed by atoms with Crippen LogP contribution < -0.4 is 5.73 Å². The normalized spacial score (nSPS) is 31.4. The monoisotopic (exact) mass is 311 g/mol. The van der Waals surface area contributed by atoms with E-state index in [0.29, 0.717) is 6.04 Å². The third kappa shape index (κ3) is 2.50. The van der Waals surface area contributed by atoms with E-state index in [4.69, 9.17) is 5.73 Å². The average molecular weight is 311 g/mol. The van der Waals surface area contributed by atoms with Gasteiger partial charge in [-0.05, 0) is 61.1 Å². The minimum absolute atomic E-state index is 0.0251. The number of benzene rings is 1. The standard InChI is InChI=1S/C19H25N3O/c1-2-12-11-22-8-6-13(12)9-18(22)19(20)15-5-7-21-17-4-3-14(23)10-16(15)17/h3-5,7,10,12-13,18-19,23H,2,6,8-9,11,20H2,1H3/t12?,13?,18-,19?/m1/s1. The van der Waals surface area contributed by atoms with Crippen LogP contribution in [0.1, 0.15) is 37.8 Å². The fourth-order valence-corrected chi connectivity index (χ4v) is 4.67. The summed E-state index contributed by atoms with van der Waals surface area (Å²) in [6.45, 7) is 4.67. The number of phenolic OH excluding ortho intramolecular Hbond substituents is 1. The van der Waals surface area contributed by atoms with E-state index < -0.39 is 0 Å². The molecule has 3 fully saturated rings. The molecule has 5 atom stereocenters. The molecule has 0 radical (unpaired) electrons. The van der Waals surface area contributed by atoms with Gasteiger partial charge in [0.1, 0.15) is 5.75 Å². The summed E-state index contributed by atoms with van der Waals surface area (Å²) in [5.41, 5.74) is 8.72. The molecule has 4 heterocycles. The van der Waals surface area contributed by atoms with Crippen LogP contribution in [0.25, 0.3) is 10.9 Å². The maximum Gasteiger partial charge on any atom is 0.116 e. The molecular weight excluding hydrogens is 286 g/mol. The number of hydrogen-bond donors (Lipinski definition) is 2. The topological polar surface area (TPSA) is 62.4 Å². The predicted molar refractivity (Wildman–Crippen MR) is 92.2 cm³/mol. The molecule has 3 aliphatic heterocycles. The minimum Gasteiger partial charge on any atom is -0.508 e. The summed E-state index contributed by atoms with van der Waals surface area (Å²) in [5, 5.41) is 10.8. The molecule has 5 rings (SSSR count). The van der Waals surface area contributed by atoms with E-state index in [-0.39, 0.29) is 11.8 Å². The first-order valence-corrected chi connectivity index (χ1v) is 8.74. The molecule has 0 aliphatic carbocycles. The molecule has 0 amide bonds. The Morgan fingerprint density at radius 3 is 3.00 bits per heavy atom. The highest BCUT2D eigenvalue weighted by Gasteiger charge is 2.41. The molecule has 1 aromatic carbocycles. The summed E-state index contributed by atoms with van der Waals surface area (Å²) < 4.78 is 0. The minimum atomic E-state index is -0.0251. The van der Waals surface area contributed by atoms with Crippen LogP contribution in [0.15, 0.2) is 30.5 Å². The largest absolute Gasteiger partial charge is 0.508 e. The maximum atomic E-state index is 9.84. The van der Waals surface area contributed by atoms with Crippen LogP contribution >= 0.6 is 0 Å². The molecule has 2 bridgehead atoms.